The van der Waals surface area contributed by atoms with Gasteiger partial charge >= 0.3 is 0 Å². The minimum atomic E-state index is -2.49. The minimum absolute atomic E-state index is 1.46. The Bertz CT molecular complexity index is 1850. The largest absolute Gasteiger partial charge is 0.181 e. The standard InChI is InChI=1S/C38H26S2Si2/c1-5-13-27(14-6-1)41(28-15-7-2-8-16-28)33-21-23-39-37(33)31-26-36-32(25-35(31)41)38-34(22-24-40-38)42(36,29-17-9-3-10-18-29)30-19-11-4-12-20-30/h1-26H. The first-order valence-electron chi connectivity index (χ1n) is 14.4. The number of hydrogen-bond donors (Lipinski definition) is 0. The molecule has 4 heteroatoms. The summed E-state index contributed by atoms with van der Waals surface area (Å²) in [5.74, 6) is 0. The van der Waals surface area contributed by atoms with Crippen molar-refractivity contribution in [3.63, 3.8) is 0 Å². The molecule has 0 spiro atoms. The maximum atomic E-state index is 2.65. The Morgan fingerprint density at radius 2 is 0.643 bits per heavy atom. The molecule has 0 amide bonds. The van der Waals surface area contributed by atoms with E-state index < -0.39 is 16.1 Å². The summed E-state index contributed by atoms with van der Waals surface area (Å²) < 4.78 is 0. The molecule has 5 aromatic carbocycles. The molecule has 2 aliphatic heterocycles. The van der Waals surface area contributed by atoms with Gasteiger partial charge in [-0.05, 0) is 63.4 Å². The van der Waals surface area contributed by atoms with Crippen LogP contribution in [0.15, 0.2) is 156 Å². The Morgan fingerprint density at radius 1 is 0.333 bits per heavy atom. The smallest absolute Gasteiger partial charge is 0.144 e. The van der Waals surface area contributed by atoms with Crippen molar-refractivity contribution in [2.45, 2.75) is 0 Å². The van der Waals surface area contributed by atoms with Gasteiger partial charge in [-0.1, -0.05) is 146 Å². The van der Waals surface area contributed by atoms with Crippen LogP contribution in [0.25, 0.3) is 20.9 Å². The minimum Gasteiger partial charge on any atom is -0.144 e. The van der Waals surface area contributed by atoms with Gasteiger partial charge in [0.25, 0.3) is 0 Å². The van der Waals surface area contributed by atoms with Crippen molar-refractivity contribution >= 4 is 80.3 Å². The Balaban J connectivity index is 1.44. The lowest BCUT2D eigenvalue weighted by Crippen LogP contribution is -2.74. The molecule has 4 heterocycles. The molecule has 0 radical (unpaired) electrons. The first-order valence-corrected chi connectivity index (χ1v) is 20.2. The van der Waals surface area contributed by atoms with Crippen molar-refractivity contribution in [3.05, 3.63) is 156 Å². The van der Waals surface area contributed by atoms with E-state index in [9.17, 15) is 0 Å². The summed E-state index contributed by atoms with van der Waals surface area (Å²) in [6.07, 6.45) is 0. The van der Waals surface area contributed by atoms with Crippen LogP contribution in [0.2, 0.25) is 0 Å². The molecule has 9 rings (SSSR count). The van der Waals surface area contributed by atoms with Crippen molar-refractivity contribution in [2.24, 2.45) is 0 Å². The summed E-state index contributed by atoms with van der Waals surface area (Å²) in [6, 6.07) is 55.7. The van der Waals surface area contributed by atoms with Crippen molar-refractivity contribution in [3.8, 4) is 20.9 Å². The topological polar surface area (TPSA) is 0 Å². The fraction of sp³-hybridized carbons (Fsp3) is 0. The fourth-order valence-electron chi connectivity index (χ4n) is 7.84. The highest BCUT2D eigenvalue weighted by atomic mass is 32.1. The molecular weight excluding hydrogens is 577 g/mol. The van der Waals surface area contributed by atoms with Crippen LogP contribution < -0.4 is 41.5 Å². The molecule has 0 fully saturated rings. The van der Waals surface area contributed by atoms with Gasteiger partial charge in [0.2, 0.25) is 0 Å². The predicted octanol–water partition coefficient (Wildman–Crippen LogP) is 4.53. The van der Waals surface area contributed by atoms with Gasteiger partial charge in [0.05, 0.1) is 0 Å². The summed E-state index contributed by atoms with van der Waals surface area (Å²) in [6.45, 7) is 0. The zero-order chi connectivity index (χ0) is 27.7. The number of hydrogen-bond acceptors (Lipinski definition) is 2. The van der Waals surface area contributed by atoms with Crippen LogP contribution >= 0.6 is 22.7 Å². The van der Waals surface area contributed by atoms with E-state index in [4.69, 9.17) is 0 Å². The normalized spacial score (nSPS) is 15.0. The molecular formula is C38H26S2Si2. The summed E-state index contributed by atoms with van der Waals surface area (Å²) in [7, 11) is -4.98. The van der Waals surface area contributed by atoms with E-state index in [0.29, 0.717) is 0 Å². The fourth-order valence-corrected chi connectivity index (χ4v) is 21.2. The van der Waals surface area contributed by atoms with E-state index >= 15 is 0 Å². The van der Waals surface area contributed by atoms with E-state index in [1.165, 1.54) is 41.6 Å². The average molecular weight is 603 g/mol. The molecule has 2 aromatic heterocycles. The van der Waals surface area contributed by atoms with Gasteiger partial charge in [-0.15, -0.1) is 22.7 Å². The third-order valence-electron chi connectivity index (χ3n) is 9.42. The van der Waals surface area contributed by atoms with Gasteiger partial charge in [-0.2, -0.15) is 0 Å². The molecule has 7 aromatic rings. The van der Waals surface area contributed by atoms with Gasteiger partial charge in [0.15, 0.2) is 16.1 Å². The van der Waals surface area contributed by atoms with Crippen LogP contribution in [-0.4, -0.2) is 16.1 Å². The molecule has 0 bridgehead atoms. The van der Waals surface area contributed by atoms with E-state index in [1.54, 1.807) is 20.7 Å². The molecule has 0 unspecified atom stereocenters. The van der Waals surface area contributed by atoms with Gasteiger partial charge in [-0.25, -0.2) is 0 Å². The highest BCUT2D eigenvalue weighted by molar-refractivity contribution is 7.29. The number of thiophene rings is 2. The number of benzene rings is 5. The van der Waals surface area contributed by atoms with E-state index in [-0.39, 0.29) is 0 Å². The third-order valence-corrected chi connectivity index (χ3v) is 21.4. The van der Waals surface area contributed by atoms with Gasteiger partial charge < -0.3 is 0 Å². The number of fused-ring (bicyclic) bond motifs is 6. The zero-order valence-corrected chi connectivity index (χ0v) is 26.5. The first-order chi connectivity index (χ1) is 20.8. The number of rotatable bonds is 4. The molecule has 0 atom stereocenters. The van der Waals surface area contributed by atoms with E-state index in [1.807, 2.05) is 22.7 Å². The Hall–Kier alpha value is -4.07. The second-order valence-electron chi connectivity index (χ2n) is 11.2. The monoisotopic (exact) mass is 602 g/mol. The van der Waals surface area contributed by atoms with E-state index in [2.05, 4.69) is 156 Å². The maximum absolute atomic E-state index is 2.65. The van der Waals surface area contributed by atoms with Crippen molar-refractivity contribution in [1.29, 1.82) is 0 Å². The van der Waals surface area contributed by atoms with Crippen LogP contribution in [0.1, 0.15) is 0 Å². The summed E-state index contributed by atoms with van der Waals surface area (Å²) in [5.41, 5.74) is 2.91. The van der Waals surface area contributed by atoms with Crippen molar-refractivity contribution < 1.29 is 0 Å². The van der Waals surface area contributed by atoms with Crippen molar-refractivity contribution in [2.75, 3.05) is 0 Å². The summed E-state index contributed by atoms with van der Waals surface area (Å²) in [5, 5.41) is 16.7. The highest BCUT2D eigenvalue weighted by Gasteiger charge is 2.54. The Morgan fingerprint density at radius 3 is 0.952 bits per heavy atom. The van der Waals surface area contributed by atoms with Crippen LogP contribution in [0.5, 0.6) is 0 Å². The quantitative estimate of drug-likeness (QED) is 0.260. The lowest BCUT2D eigenvalue weighted by Gasteiger charge is -2.32. The molecule has 2 aliphatic rings. The van der Waals surface area contributed by atoms with Gasteiger partial charge in [0, 0.05) is 9.75 Å². The molecule has 0 nitrogen and oxygen atoms in total. The molecule has 0 saturated carbocycles. The second-order valence-corrected chi connectivity index (χ2v) is 20.5. The van der Waals surface area contributed by atoms with Crippen LogP contribution in [-0.2, 0) is 0 Å². The SMILES string of the molecule is c1ccc([Si]2(c3ccccc3)c3cc4c(cc3-c3sccc32)[Si](c2ccccc2)(c2ccccc2)c2ccsc2-4)cc1. The van der Waals surface area contributed by atoms with E-state index in [0.717, 1.165) is 0 Å². The van der Waals surface area contributed by atoms with Crippen LogP contribution in [0, 0.1) is 0 Å². The molecule has 42 heavy (non-hydrogen) atoms. The van der Waals surface area contributed by atoms with Crippen LogP contribution in [0.3, 0.4) is 0 Å². The molecule has 0 aliphatic carbocycles. The Kier molecular flexibility index (Phi) is 5.38. The highest BCUT2D eigenvalue weighted by Crippen LogP contribution is 2.38. The maximum Gasteiger partial charge on any atom is 0.181 e. The summed E-state index contributed by atoms with van der Waals surface area (Å²) >= 11 is 3.84. The molecule has 0 N–H and O–H groups in total. The second kappa shape index (κ2) is 9.22. The van der Waals surface area contributed by atoms with Crippen molar-refractivity contribution in [1.82, 2.24) is 0 Å². The average Bonchev–Trinajstić information content (AvgIpc) is 3.84. The molecule has 0 saturated heterocycles. The first kappa shape index (κ1) is 24.5. The third kappa shape index (κ3) is 3.05. The lowest BCUT2D eigenvalue weighted by molar-refractivity contribution is 1.70. The Labute approximate surface area is 256 Å². The molecule has 198 valence electrons. The lowest BCUT2D eigenvalue weighted by atomic mass is 10.1. The summed E-state index contributed by atoms with van der Waals surface area (Å²) in [4.78, 5) is 2.93. The predicted molar refractivity (Wildman–Crippen MR) is 187 cm³/mol. The van der Waals surface area contributed by atoms with Crippen LogP contribution in [0.4, 0.5) is 0 Å². The van der Waals surface area contributed by atoms with Gasteiger partial charge in [0.1, 0.15) is 0 Å². The van der Waals surface area contributed by atoms with Gasteiger partial charge in [-0.3, -0.25) is 0 Å². The zero-order valence-electron chi connectivity index (χ0n) is 22.8.